The normalized spacial score (nSPS) is 18.2. The standard InChI is InChI=1S/C17H19ClFN3O/c1-2-21-9-7-20-16(21)12-4-3-8-22(11-12)17(23)14-6-5-13(18)10-15(14)19/h5-7,9-10,12H,2-4,8,11H2,1H3. The zero-order valence-electron chi connectivity index (χ0n) is 13.0. The summed E-state index contributed by atoms with van der Waals surface area (Å²) in [5, 5.41) is 0.292. The van der Waals surface area contributed by atoms with Gasteiger partial charge in [-0.15, -0.1) is 0 Å². The van der Waals surface area contributed by atoms with Crippen molar-refractivity contribution in [2.75, 3.05) is 13.1 Å². The van der Waals surface area contributed by atoms with Crippen molar-refractivity contribution in [1.29, 1.82) is 0 Å². The van der Waals surface area contributed by atoms with E-state index in [0.717, 1.165) is 25.2 Å². The van der Waals surface area contributed by atoms with Crippen molar-refractivity contribution in [2.24, 2.45) is 0 Å². The molecule has 0 saturated carbocycles. The second-order valence-corrected chi connectivity index (χ2v) is 6.22. The average molecular weight is 336 g/mol. The number of rotatable bonds is 3. The van der Waals surface area contributed by atoms with E-state index in [-0.39, 0.29) is 17.4 Å². The highest BCUT2D eigenvalue weighted by molar-refractivity contribution is 6.30. The summed E-state index contributed by atoms with van der Waals surface area (Å²) in [5.41, 5.74) is 0.0777. The molecule has 1 atom stereocenters. The minimum atomic E-state index is -0.570. The highest BCUT2D eigenvalue weighted by Gasteiger charge is 2.28. The molecular weight excluding hydrogens is 317 g/mol. The highest BCUT2D eigenvalue weighted by atomic mass is 35.5. The minimum Gasteiger partial charge on any atom is -0.338 e. The second-order valence-electron chi connectivity index (χ2n) is 5.79. The Morgan fingerprint density at radius 3 is 3.04 bits per heavy atom. The van der Waals surface area contributed by atoms with Crippen molar-refractivity contribution < 1.29 is 9.18 Å². The third-order valence-electron chi connectivity index (χ3n) is 4.32. The number of hydrogen-bond acceptors (Lipinski definition) is 2. The summed E-state index contributed by atoms with van der Waals surface area (Å²) < 4.78 is 16.1. The van der Waals surface area contributed by atoms with Gasteiger partial charge in [-0.05, 0) is 38.0 Å². The number of carbonyl (C=O) groups is 1. The van der Waals surface area contributed by atoms with Gasteiger partial charge < -0.3 is 9.47 Å². The van der Waals surface area contributed by atoms with Crippen LogP contribution in [0.3, 0.4) is 0 Å². The van der Waals surface area contributed by atoms with Gasteiger partial charge in [-0.25, -0.2) is 9.37 Å². The van der Waals surface area contributed by atoms with Gasteiger partial charge in [-0.3, -0.25) is 4.79 Å². The molecule has 1 aromatic carbocycles. The Balaban J connectivity index is 1.79. The van der Waals surface area contributed by atoms with E-state index in [1.165, 1.54) is 12.1 Å². The van der Waals surface area contributed by atoms with E-state index in [0.29, 0.717) is 18.1 Å². The van der Waals surface area contributed by atoms with Crippen LogP contribution in [-0.4, -0.2) is 33.4 Å². The van der Waals surface area contributed by atoms with Gasteiger partial charge in [0.25, 0.3) is 5.91 Å². The van der Waals surface area contributed by atoms with Crippen LogP contribution in [0.2, 0.25) is 5.02 Å². The van der Waals surface area contributed by atoms with Crippen molar-refractivity contribution in [3.8, 4) is 0 Å². The van der Waals surface area contributed by atoms with Gasteiger partial charge >= 0.3 is 0 Å². The maximum absolute atomic E-state index is 14.0. The molecule has 1 amide bonds. The Labute approximate surface area is 139 Å². The average Bonchev–Trinajstić information content (AvgIpc) is 3.03. The van der Waals surface area contributed by atoms with Crippen LogP contribution in [0.1, 0.15) is 41.9 Å². The Bertz CT molecular complexity index is 716. The molecule has 1 fully saturated rings. The van der Waals surface area contributed by atoms with Gasteiger partial charge in [0.05, 0.1) is 5.56 Å². The summed E-state index contributed by atoms with van der Waals surface area (Å²) in [6.45, 7) is 4.13. The van der Waals surface area contributed by atoms with Crippen molar-refractivity contribution in [3.05, 3.63) is 52.8 Å². The van der Waals surface area contributed by atoms with Crippen molar-refractivity contribution in [3.63, 3.8) is 0 Å². The van der Waals surface area contributed by atoms with Crippen molar-refractivity contribution >= 4 is 17.5 Å². The summed E-state index contributed by atoms with van der Waals surface area (Å²) in [5.74, 6) is 0.345. The Hall–Kier alpha value is -1.88. The summed E-state index contributed by atoms with van der Waals surface area (Å²) in [7, 11) is 0. The zero-order valence-corrected chi connectivity index (χ0v) is 13.8. The number of benzene rings is 1. The first kappa shape index (κ1) is 16.0. The first-order chi connectivity index (χ1) is 11.1. The molecule has 2 heterocycles. The maximum atomic E-state index is 14.0. The summed E-state index contributed by atoms with van der Waals surface area (Å²) in [4.78, 5) is 18.8. The number of halogens is 2. The van der Waals surface area contributed by atoms with E-state index in [1.54, 1.807) is 17.2 Å². The second kappa shape index (κ2) is 6.71. The first-order valence-corrected chi connectivity index (χ1v) is 8.23. The summed E-state index contributed by atoms with van der Waals surface area (Å²) in [6, 6.07) is 4.18. The fourth-order valence-electron chi connectivity index (χ4n) is 3.15. The molecule has 0 bridgehead atoms. The third kappa shape index (κ3) is 3.24. The molecule has 1 aliphatic rings. The lowest BCUT2D eigenvalue weighted by atomic mass is 9.96. The zero-order chi connectivity index (χ0) is 16.4. The van der Waals surface area contributed by atoms with E-state index in [4.69, 9.17) is 11.6 Å². The number of amides is 1. The number of nitrogens with zero attached hydrogens (tertiary/aromatic N) is 3. The van der Waals surface area contributed by atoms with E-state index in [2.05, 4.69) is 16.5 Å². The Kier molecular flexibility index (Phi) is 4.66. The number of hydrogen-bond donors (Lipinski definition) is 0. The molecule has 1 saturated heterocycles. The van der Waals surface area contributed by atoms with Gasteiger partial charge in [-0.2, -0.15) is 0 Å². The lowest BCUT2D eigenvalue weighted by Crippen LogP contribution is -2.40. The SMILES string of the molecule is CCn1ccnc1C1CCCN(C(=O)c2ccc(Cl)cc2F)C1. The molecule has 3 rings (SSSR count). The monoisotopic (exact) mass is 335 g/mol. The van der Waals surface area contributed by atoms with Gasteiger partial charge in [-0.1, -0.05) is 11.6 Å². The fourth-order valence-corrected chi connectivity index (χ4v) is 3.31. The Morgan fingerprint density at radius 1 is 1.48 bits per heavy atom. The summed E-state index contributed by atoms with van der Waals surface area (Å²) >= 11 is 5.76. The van der Waals surface area contributed by atoms with Gasteiger partial charge in [0.2, 0.25) is 0 Å². The Morgan fingerprint density at radius 2 is 2.30 bits per heavy atom. The predicted octanol–water partition coefficient (Wildman–Crippen LogP) is 3.72. The molecule has 0 N–H and O–H groups in total. The molecule has 4 nitrogen and oxygen atoms in total. The number of imidazole rings is 1. The number of aromatic nitrogens is 2. The molecule has 6 heteroatoms. The minimum absolute atomic E-state index is 0.0777. The molecule has 1 aliphatic heterocycles. The smallest absolute Gasteiger partial charge is 0.256 e. The molecule has 2 aromatic rings. The third-order valence-corrected chi connectivity index (χ3v) is 4.56. The first-order valence-electron chi connectivity index (χ1n) is 7.85. The van der Waals surface area contributed by atoms with Crippen LogP contribution in [0.25, 0.3) is 0 Å². The number of carbonyl (C=O) groups excluding carboxylic acids is 1. The van der Waals surface area contributed by atoms with Crippen LogP contribution in [0, 0.1) is 5.82 Å². The molecule has 122 valence electrons. The largest absolute Gasteiger partial charge is 0.338 e. The van der Waals surface area contributed by atoms with Crippen molar-refractivity contribution in [2.45, 2.75) is 32.2 Å². The molecule has 1 unspecified atom stereocenters. The van der Waals surface area contributed by atoms with Gasteiger partial charge in [0, 0.05) is 43.0 Å². The van der Waals surface area contributed by atoms with Crippen LogP contribution in [0.5, 0.6) is 0 Å². The van der Waals surface area contributed by atoms with Gasteiger partial charge in [0.15, 0.2) is 0 Å². The lowest BCUT2D eigenvalue weighted by Gasteiger charge is -2.32. The molecule has 23 heavy (non-hydrogen) atoms. The molecule has 1 aromatic heterocycles. The maximum Gasteiger partial charge on any atom is 0.256 e. The van der Waals surface area contributed by atoms with Crippen LogP contribution in [0.4, 0.5) is 4.39 Å². The van der Waals surface area contributed by atoms with E-state index in [1.807, 2.05) is 6.20 Å². The van der Waals surface area contributed by atoms with Crippen molar-refractivity contribution in [1.82, 2.24) is 14.5 Å². The molecule has 0 aliphatic carbocycles. The number of likely N-dealkylation sites (tertiary alicyclic amines) is 1. The number of piperidine rings is 1. The quantitative estimate of drug-likeness (QED) is 0.857. The molecule has 0 radical (unpaired) electrons. The van der Waals surface area contributed by atoms with Crippen LogP contribution in [0.15, 0.2) is 30.6 Å². The van der Waals surface area contributed by atoms with Crippen LogP contribution in [-0.2, 0) is 6.54 Å². The molecule has 0 spiro atoms. The topological polar surface area (TPSA) is 38.1 Å². The van der Waals surface area contributed by atoms with E-state index >= 15 is 0 Å². The van der Waals surface area contributed by atoms with Crippen LogP contribution >= 0.6 is 11.6 Å². The van der Waals surface area contributed by atoms with Gasteiger partial charge in [0.1, 0.15) is 11.6 Å². The molecular formula is C17H19ClFN3O. The van der Waals surface area contributed by atoms with E-state index < -0.39 is 5.82 Å². The lowest BCUT2D eigenvalue weighted by molar-refractivity contribution is 0.0698. The van der Waals surface area contributed by atoms with Crippen LogP contribution < -0.4 is 0 Å². The summed E-state index contributed by atoms with van der Waals surface area (Å²) in [6.07, 6.45) is 5.62. The predicted molar refractivity (Wildman–Crippen MR) is 87.2 cm³/mol. The fraction of sp³-hybridized carbons (Fsp3) is 0.412. The number of aryl methyl sites for hydroxylation is 1. The van der Waals surface area contributed by atoms with E-state index in [9.17, 15) is 9.18 Å². The highest BCUT2D eigenvalue weighted by Crippen LogP contribution is 2.27.